The van der Waals surface area contributed by atoms with Crippen molar-refractivity contribution in [2.45, 2.75) is 37.8 Å². The summed E-state index contributed by atoms with van der Waals surface area (Å²) in [5, 5.41) is 13.0. The number of aliphatic hydroxyl groups is 1. The predicted octanol–water partition coefficient (Wildman–Crippen LogP) is 0.739. The van der Waals surface area contributed by atoms with Gasteiger partial charge in [0.05, 0.1) is 12.7 Å². The van der Waals surface area contributed by atoms with Crippen LogP contribution in [-0.2, 0) is 11.2 Å². The van der Waals surface area contributed by atoms with Crippen LogP contribution in [0.2, 0.25) is 0 Å². The molecule has 0 spiro atoms. The normalized spacial score (nSPS) is 20.0. The standard InChI is InChI=1S/C14H22N2O3/c1-19-9-10(17)7-8-15-12-3-2-4-13-11(12)5-6-14(18)16-13/h5-6,10,12,15,17H,2-4,7-9H2,1H3,(H,16,18). The molecule has 19 heavy (non-hydrogen) atoms. The van der Waals surface area contributed by atoms with Crippen molar-refractivity contribution in [3.63, 3.8) is 0 Å². The van der Waals surface area contributed by atoms with Gasteiger partial charge in [-0.1, -0.05) is 6.07 Å². The number of nitrogens with one attached hydrogen (secondary N) is 2. The third-order valence-electron chi connectivity index (χ3n) is 3.56. The fourth-order valence-corrected chi connectivity index (χ4v) is 2.61. The van der Waals surface area contributed by atoms with Gasteiger partial charge in [0.1, 0.15) is 0 Å². The molecule has 2 unspecified atom stereocenters. The lowest BCUT2D eigenvalue weighted by atomic mass is 9.91. The zero-order valence-corrected chi connectivity index (χ0v) is 11.3. The van der Waals surface area contributed by atoms with Crippen LogP contribution in [0.1, 0.15) is 36.6 Å². The summed E-state index contributed by atoms with van der Waals surface area (Å²) in [4.78, 5) is 14.2. The van der Waals surface area contributed by atoms with E-state index in [1.165, 1.54) is 5.56 Å². The minimum Gasteiger partial charge on any atom is -0.391 e. The number of hydrogen-bond acceptors (Lipinski definition) is 4. The van der Waals surface area contributed by atoms with Crippen molar-refractivity contribution < 1.29 is 9.84 Å². The Bertz CT molecular complexity index is 458. The second kappa shape index (κ2) is 6.84. The van der Waals surface area contributed by atoms with Crippen LogP contribution in [0.15, 0.2) is 16.9 Å². The van der Waals surface area contributed by atoms with Gasteiger partial charge in [0, 0.05) is 24.9 Å². The van der Waals surface area contributed by atoms with Crippen LogP contribution in [0.25, 0.3) is 0 Å². The molecule has 0 saturated carbocycles. The van der Waals surface area contributed by atoms with E-state index in [0.29, 0.717) is 13.0 Å². The molecule has 1 aliphatic rings. The second-order valence-electron chi connectivity index (χ2n) is 5.05. The van der Waals surface area contributed by atoms with Crippen molar-refractivity contribution in [3.8, 4) is 0 Å². The first-order chi connectivity index (χ1) is 9.20. The lowest BCUT2D eigenvalue weighted by Crippen LogP contribution is -2.30. The molecule has 1 aromatic heterocycles. The number of rotatable bonds is 6. The highest BCUT2D eigenvalue weighted by Crippen LogP contribution is 2.27. The number of hydrogen-bond donors (Lipinski definition) is 3. The molecule has 0 radical (unpaired) electrons. The van der Waals surface area contributed by atoms with Crippen LogP contribution in [-0.4, -0.2) is 36.5 Å². The van der Waals surface area contributed by atoms with Crippen molar-refractivity contribution in [1.82, 2.24) is 10.3 Å². The first-order valence-electron chi connectivity index (χ1n) is 6.83. The molecule has 0 aliphatic heterocycles. The molecule has 1 aliphatic carbocycles. The van der Waals surface area contributed by atoms with Crippen molar-refractivity contribution in [2.24, 2.45) is 0 Å². The minimum atomic E-state index is -0.420. The number of ether oxygens (including phenoxy) is 1. The first kappa shape index (κ1) is 14.2. The van der Waals surface area contributed by atoms with E-state index in [9.17, 15) is 9.90 Å². The Hall–Kier alpha value is -1.17. The second-order valence-corrected chi connectivity index (χ2v) is 5.05. The Labute approximate surface area is 113 Å². The van der Waals surface area contributed by atoms with Gasteiger partial charge in [-0.3, -0.25) is 4.79 Å². The largest absolute Gasteiger partial charge is 0.391 e. The highest BCUT2D eigenvalue weighted by molar-refractivity contribution is 5.26. The van der Waals surface area contributed by atoms with Gasteiger partial charge >= 0.3 is 0 Å². The number of fused-ring (bicyclic) bond motifs is 1. The van der Waals surface area contributed by atoms with E-state index in [-0.39, 0.29) is 11.6 Å². The van der Waals surface area contributed by atoms with Gasteiger partial charge in [0.25, 0.3) is 0 Å². The minimum absolute atomic E-state index is 0.0325. The van der Waals surface area contributed by atoms with Crippen molar-refractivity contribution in [1.29, 1.82) is 0 Å². The predicted molar refractivity (Wildman–Crippen MR) is 73.2 cm³/mol. The molecule has 1 heterocycles. The maximum atomic E-state index is 11.3. The summed E-state index contributed by atoms with van der Waals surface area (Å²) in [5.74, 6) is 0. The Morgan fingerprint density at radius 1 is 1.58 bits per heavy atom. The first-order valence-corrected chi connectivity index (χ1v) is 6.83. The summed E-state index contributed by atoms with van der Waals surface area (Å²) in [6.45, 7) is 1.12. The van der Waals surface area contributed by atoms with Crippen molar-refractivity contribution in [2.75, 3.05) is 20.3 Å². The summed E-state index contributed by atoms with van der Waals surface area (Å²) in [5.41, 5.74) is 2.20. The molecular weight excluding hydrogens is 244 g/mol. The van der Waals surface area contributed by atoms with Crippen LogP contribution in [0.5, 0.6) is 0 Å². The van der Waals surface area contributed by atoms with Crippen molar-refractivity contribution in [3.05, 3.63) is 33.7 Å². The zero-order valence-electron chi connectivity index (χ0n) is 11.3. The van der Waals surface area contributed by atoms with Crippen LogP contribution < -0.4 is 10.9 Å². The number of H-pyrrole nitrogens is 1. The lowest BCUT2D eigenvalue weighted by Gasteiger charge is -2.26. The monoisotopic (exact) mass is 266 g/mol. The average molecular weight is 266 g/mol. The average Bonchev–Trinajstić information content (AvgIpc) is 2.39. The Morgan fingerprint density at radius 3 is 3.21 bits per heavy atom. The van der Waals surface area contributed by atoms with E-state index in [2.05, 4.69) is 10.3 Å². The lowest BCUT2D eigenvalue weighted by molar-refractivity contribution is 0.0588. The van der Waals surface area contributed by atoms with Crippen LogP contribution in [0.4, 0.5) is 0 Å². The van der Waals surface area contributed by atoms with E-state index in [4.69, 9.17) is 4.74 Å². The number of aromatic amines is 1. The summed E-state index contributed by atoms with van der Waals surface area (Å²) in [7, 11) is 1.59. The van der Waals surface area contributed by atoms with E-state index in [1.54, 1.807) is 13.2 Å². The topological polar surface area (TPSA) is 74.3 Å². The maximum Gasteiger partial charge on any atom is 0.248 e. The molecule has 0 aromatic carbocycles. The van der Waals surface area contributed by atoms with Gasteiger partial charge < -0.3 is 20.1 Å². The van der Waals surface area contributed by atoms with Crippen LogP contribution >= 0.6 is 0 Å². The Morgan fingerprint density at radius 2 is 2.42 bits per heavy atom. The van der Waals surface area contributed by atoms with Gasteiger partial charge in [0.15, 0.2) is 0 Å². The number of aryl methyl sites for hydroxylation is 1. The fraction of sp³-hybridized carbons (Fsp3) is 0.643. The van der Waals surface area contributed by atoms with E-state index < -0.39 is 6.10 Å². The number of methoxy groups -OCH3 is 1. The Balaban J connectivity index is 1.91. The number of aliphatic hydroxyl groups excluding tert-OH is 1. The smallest absolute Gasteiger partial charge is 0.248 e. The molecule has 1 aromatic rings. The number of aromatic nitrogens is 1. The van der Waals surface area contributed by atoms with Gasteiger partial charge in [-0.25, -0.2) is 0 Å². The van der Waals surface area contributed by atoms with Gasteiger partial charge in [-0.05, 0) is 37.8 Å². The molecule has 5 nitrogen and oxygen atoms in total. The molecule has 0 saturated heterocycles. The van der Waals surface area contributed by atoms with Gasteiger partial charge in [-0.15, -0.1) is 0 Å². The maximum absolute atomic E-state index is 11.3. The van der Waals surface area contributed by atoms with E-state index in [0.717, 1.165) is 31.5 Å². The third-order valence-corrected chi connectivity index (χ3v) is 3.56. The van der Waals surface area contributed by atoms with E-state index in [1.807, 2.05) is 6.07 Å². The van der Waals surface area contributed by atoms with E-state index >= 15 is 0 Å². The summed E-state index contributed by atoms with van der Waals surface area (Å²) in [6, 6.07) is 3.77. The summed E-state index contributed by atoms with van der Waals surface area (Å²) in [6.07, 6.45) is 3.33. The SMILES string of the molecule is COCC(O)CCNC1CCCc2[nH]c(=O)ccc21. The summed E-state index contributed by atoms with van der Waals surface area (Å²) < 4.78 is 4.90. The third kappa shape index (κ3) is 3.89. The molecule has 0 amide bonds. The van der Waals surface area contributed by atoms with Crippen molar-refractivity contribution >= 4 is 0 Å². The summed E-state index contributed by atoms with van der Waals surface area (Å²) >= 11 is 0. The highest BCUT2D eigenvalue weighted by Gasteiger charge is 2.20. The van der Waals surface area contributed by atoms with Gasteiger partial charge in [-0.2, -0.15) is 0 Å². The quantitative estimate of drug-likeness (QED) is 0.710. The van der Waals surface area contributed by atoms with Gasteiger partial charge in [0.2, 0.25) is 5.56 Å². The molecule has 2 rings (SSSR count). The highest BCUT2D eigenvalue weighted by atomic mass is 16.5. The molecule has 5 heteroatoms. The molecule has 2 atom stereocenters. The zero-order chi connectivity index (χ0) is 13.7. The molecular formula is C14H22N2O3. The fourth-order valence-electron chi connectivity index (χ4n) is 2.61. The number of pyridine rings is 1. The molecule has 0 fully saturated rings. The molecule has 106 valence electrons. The van der Waals surface area contributed by atoms with Crippen LogP contribution in [0, 0.1) is 0 Å². The molecule has 0 bridgehead atoms. The molecule has 3 N–H and O–H groups in total. The Kier molecular flexibility index (Phi) is 5.13. The van der Waals surface area contributed by atoms with Crippen LogP contribution in [0.3, 0.4) is 0 Å².